The first-order valence-corrected chi connectivity index (χ1v) is 9.46. The molecule has 1 amide bonds. The molecule has 2 aliphatic heterocycles. The van der Waals surface area contributed by atoms with Crippen molar-refractivity contribution in [2.24, 2.45) is 16.9 Å². The van der Waals surface area contributed by atoms with Crippen molar-refractivity contribution in [1.82, 2.24) is 5.43 Å². The van der Waals surface area contributed by atoms with E-state index >= 15 is 0 Å². The van der Waals surface area contributed by atoms with Gasteiger partial charge in [0.2, 0.25) is 5.91 Å². The number of amides is 1. The lowest BCUT2D eigenvalue weighted by Gasteiger charge is -2.23. The molecule has 0 aromatic rings. The van der Waals surface area contributed by atoms with Gasteiger partial charge in [0.25, 0.3) is 0 Å². The highest BCUT2D eigenvalue weighted by molar-refractivity contribution is 5.77. The average Bonchev–Trinajstić information content (AvgIpc) is 3.18. The van der Waals surface area contributed by atoms with Crippen LogP contribution >= 0.6 is 0 Å². The highest BCUT2D eigenvalue weighted by Crippen LogP contribution is 2.44. The number of nitrogens with zero attached hydrogens (tertiary/aromatic N) is 1. The van der Waals surface area contributed by atoms with E-state index in [9.17, 15) is 9.59 Å². The molecule has 0 radical (unpaired) electrons. The van der Waals surface area contributed by atoms with Gasteiger partial charge in [-0.05, 0) is 44.4 Å². The lowest BCUT2D eigenvalue weighted by Crippen LogP contribution is -2.29. The molecule has 4 atom stereocenters. The Morgan fingerprint density at radius 1 is 1.20 bits per heavy atom. The third kappa shape index (κ3) is 6.27. The van der Waals surface area contributed by atoms with Crippen molar-refractivity contribution in [3.63, 3.8) is 0 Å². The molecule has 2 heterocycles. The monoisotopic (exact) mass is 350 g/mol. The van der Waals surface area contributed by atoms with E-state index in [1.807, 2.05) is 6.21 Å². The number of carbonyl (C=O) groups is 2. The van der Waals surface area contributed by atoms with E-state index in [-0.39, 0.29) is 30.5 Å². The topological polar surface area (TPSA) is 88.0 Å². The van der Waals surface area contributed by atoms with Crippen molar-refractivity contribution < 1.29 is 19.4 Å². The summed E-state index contributed by atoms with van der Waals surface area (Å²) in [6.45, 7) is 2.06. The van der Waals surface area contributed by atoms with Crippen LogP contribution in [-0.4, -0.2) is 35.4 Å². The first-order valence-electron chi connectivity index (χ1n) is 9.46. The molecule has 2 bridgehead atoms. The normalized spacial score (nSPS) is 28.2. The predicted octanol–water partition coefficient (Wildman–Crippen LogP) is 3.27. The van der Waals surface area contributed by atoms with E-state index < -0.39 is 5.97 Å². The Morgan fingerprint density at radius 2 is 2.00 bits per heavy atom. The van der Waals surface area contributed by atoms with E-state index in [2.05, 4.69) is 29.6 Å². The molecule has 0 spiro atoms. The van der Waals surface area contributed by atoms with E-state index in [0.29, 0.717) is 18.8 Å². The predicted molar refractivity (Wildman–Crippen MR) is 96.3 cm³/mol. The Bertz CT molecular complexity index is 504. The van der Waals surface area contributed by atoms with Crippen molar-refractivity contribution in [3.8, 4) is 0 Å². The Labute approximate surface area is 149 Å². The Kier molecular flexibility index (Phi) is 8.12. The van der Waals surface area contributed by atoms with Crippen molar-refractivity contribution in [2.45, 2.75) is 76.9 Å². The number of hydrazone groups is 1. The molecule has 2 fully saturated rings. The Morgan fingerprint density at radius 3 is 2.76 bits per heavy atom. The van der Waals surface area contributed by atoms with Crippen LogP contribution in [0.2, 0.25) is 0 Å². The molecular formula is C19H30N2O4. The van der Waals surface area contributed by atoms with Crippen LogP contribution < -0.4 is 5.43 Å². The fraction of sp³-hybridized carbons (Fsp3) is 0.737. The summed E-state index contributed by atoms with van der Waals surface area (Å²) in [5.41, 5.74) is 2.62. The first kappa shape index (κ1) is 19.6. The molecule has 0 unspecified atom stereocenters. The van der Waals surface area contributed by atoms with Gasteiger partial charge < -0.3 is 9.84 Å². The van der Waals surface area contributed by atoms with E-state index in [4.69, 9.17) is 9.84 Å². The Balaban J connectivity index is 1.77. The van der Waals surface area contributed by atoms with Crippen LogP contribution in [0.25, 0.3) is 0 Å². The van der Waals surface area contributed by atoms with Crippen LogP contribution in [0, 0.1) is 11.8 Å². The molecule has 0 aromatic heterocycles. The zero-order valence-electron chi connectivity index (χ0n) is 15.0. The van der Waals surface area contributed by atoms with E-state index in [1.165, 1.54) is 0 Å². The molecule has 2 rings (SSSR count). The number of allylic oxidation sites excluding steroid dienone is 2. The number of aliphatic carboxylic acids is 1. The summed E-state index contributed by atoms with van der Waals surface area (Å²) in [4.78, 5) is 22.1. The molecule has 0 saturated carbocycles. The van der Waals surface area contributed by atoms with Gasteiger partial charge in [-0.25, -0.2) is 5.43 Å². The lowest BCUT2D eigenvalue weighted by molar-refractivity contribution is -0.137. The maximum atomic E-state index is 11.6. The van der Waals surface area contributed by atoms with Crippen molar-refractivity contribution in [1.29, 1.82) is 0 Å². The van der Waals surface area contributed by atoms with Gasteiger partial charge in [0.05, 0.1) is 12.2 Å². The van der Waals surface area contributed by atoms with Gasteiger partial charge in [-0.1, -0.05) is 25.5 Å². The second-order valence-corrected chi connectivity index (χ2v) is 6.94. The molecule has 25 heavy (non-hydrogen) atoms. The SMILES string of the molecule is CCCCC(=O)NN=C[C@@H]1[C@@H](CC=CCCCC(=O)O)[C@H]2CC[C@@H]1O2. The number of carbonyl (C=O) groups excluding carboxylic acids is 1. The Hall–Kier alpha value is -1.69. The van der Waals surface area contributed by atoms with E-state index in [0.717, 1.165) is 38.5 Å². The smallest absolute Gasteiger partial charge is 0.303 e. The summed E-state index contributed by atoms with van der Waals surface area (Å²) in [5.74, 6) is -0.135. The van der Waals surface area contributed by atoms with Gasteiger partial charge in [-0.3, -0.25) is 9.59 Å². The van der Waals surface area contributed by atoms with Crippen LogP contribution in [0.3, 0.4) is 0 Å². The number of hydrogen-bond acceptors (Lipinski definition) is 4. The minimum Gasteiger partial charge on any atom is -0.481 e. The van der Waals surface area contributed by atoms with Crippen LogP contribution in [0.5, 0.6) is 0 Å². The average molecular weight is 350 g/mol. The van der Waals surface area contributed by atoms with Gasteiger partial charge in [-0.2, -0.15) is 5.10 Å². The minimum absolute atomic E-state index is 0.0305. The maximum absolute atomic E-state index is 11.6. The van der Waals surface area contributed by atoms with Crippen LogP contribution in [0.15, 0.2) is 17.3 Å². The standard InChI is InChI=1S/C19H30N2O4/c1-2-3-9-18(22)21-20-13-15-14(16-11-12-17(15)25-16)8-6-4-5-7-10-19(23)24/h4,6,13-17H,2-3,5,7-12H2,1H3,(H,21,22)(H,23,24)/t14-,15-,16-,17+/m1/s1. The molecule has 0 aromatic carbocycles. The van der Waals surface area contributed by atoms with Gasteiger partial charge in [0, 0.05) is 25.0 Å². The number of carboxylic acids is 1. The summed E-state index contributed by atoms with van der Waals surface area (Å²) < 4.78 is 6.01. The number of unbranched alkanes of at least 4 members (excludes halogenated alkanes) is 2. The number of ether oxygens (including phenoxy) is 1. The van der Waals surface area contributed by atoms with Crippen molar-refractivity contribution in [2.75, 3.05) is 0 Å². The summed E-state index contributed by atoms with van der Waals surface area (Å²) >= 11 is 0. The van der Waals surface area contributed by atoms with Gasteiger partial charge in [0.1, 0.15) is 0 Å². The fourth-order valence-electron chi connectivity index (χ4n) is 3.66. The summed E-state index contributed by atoms with van der Waals surface area (Å²) in [6.07, 6.45) is 13.7. The fourth-order valence-corrected chi connectivity index (χ4v) is 3.66. The van der Waals surface area contributed by atoms with Gasteiger partial charge in [-0.15, -0.1) is 0 Å². The largest absolute Gasteiger partial charge is 0.481 e. The second kappa shape index (κ2) is 10.3. The molecule has 0 aliphatic carbocycles. The van der Waals surface area contributed by atoms with Crippen molar-refractivity contribution >= 4 is 18.1 Å². The second-order valence-electron chi connectivity index (χ2n) is 6.94. The maximum Gasteiger partial charge on any atom is 0.303 e. The lowest BCUT2D eigenvalue weighted by atomic mass is 9.78. The quantitative estimate of drug-likeness (QED) is 0.259. The molecular weight excluding hydrogens is 320 g/mol. The van der Waals surface area contributed by atoms with Gasteiger partial charge in [0.15, 0.2) is 0 Å². The van der Waals surface area contributed by atoms with Crippen LogP contribution in [0.4, 0.5) is 0 Å². The summed E-state index contributed by atoms with van der Waals surface area (Å²) in [5, 5.41) is 12.8. The number of hydrogen-bond donors (Lipinski definition) is 2. The zero-order valence-corrected chi connectivity index (χ0v) is 15.0. The van der Waals surface area contributed by atoms with Crippen LogP contribution in [0.1, 0.15) is 64.7 Å². The van der Waals surface area contributed by atoms with Crippen molar-refractivity contribution in [3.05, 3.63) is 12.2 Å². The number of rotatable bonds is 11. The third-order valence-electron chi connectivity index (χ3n) is 5.02. The molecule has 6 nitrogen and oxygen atoms in total. The van der Waals surface area contributed by atoms with E-state index in [1.54, 1.807) is 0 Å². The number of nitrogens with one attached hydrogen (secondary N) is 1. The molecule has 2 aliphatic rings. The molecule has 2 saturated heterocycles. The van der Waals surface area contributed by atoms with Crippen LogP contribution in [-0.2, 0) is 14.3 Å². The molecule has 140 valence electrons. The molecule has 2 N–H and O–H groups in total. The highest BCUT2D eigenvalue weighted by Gasteiger charge is 2.47. The summed E-state index contributed by atoms with van der Waals surface area (Å²) in [7, 11) is 0. The minimum atomic E-state index is -0.743. The first-order chi connectivity index (χ1) is 12.1. The number of fused-ring (bicyclic) bond motifs is 2. The summed E-state index contributed by atoms with van der Waals surface area (Å²) in [6, 6.07) is 0. The zero-order chi connectivity index (χ0) is 18.1. The highest BCUT2D eigenvalue weighted by atomic mass is 16.5. The molecule has 6 heteroatoms. The third-order valence-corrected chi connectivity index (χ3v) is 5.02. The van der Waals surface area contributed by atoms with Gasteiger partial charge >= 0.3 is 5.97 Å². The number of carboxylic acid groups (broad SMARTS) is 1.